The van der Waals surface area contributed by atoms with Crippen LogP contribution in [0.1, 0.15) is 0 Å². The van der Waals surface area contributed by atoms with Gasteiger partial charge in [-0.1, -0.05) is 0 Å². The third-order valence-electron chi connectivity index (χ3n) is 1.02. The summed E-state index contributed by atoms with van der Waals surface area (Å²) in [6, 6.07) is 0. The maximum absolute atomic E-state index is 9.87. The zero-order chi connectivity index (χ0) is 6.85. The number of aromatic nitrogens is 2. The molecule has 0 saturated carbocycles. The molecule has 0 aromatic carbocycles. The summed E-state index contributed by atoms with van der Waals surface area (Å²) in [6.07, 6.45) is 3.18. The van der Waals surface area contributed by atoms with Gasteiger partial charge in [-0.2, -0.15) is 4.68 Å². The lowest BCUT2D eigenvalue weighted by molar-refractivity contribution is 0.789. The summed E-state index contributed by atoms with van der Waals surface area (Å²) < 4.78 is 3.14. The topological polar surface area (TPSA) is 39.3 Å². The van der Waals surface area contributed by atoms with E-state index in [1.807, 2.05) is 0 Å². The maximum atomic E-state index is 9.87. The molecule has 1 aromatic heterocycles. The molecule has 0 aliphatic carbocycles. The van der Waals surface area contributed by atoms with Crippen molar-refractivity contribution < 1.29 is 0 Å². The average molecular weight is 143 g/mol. The molecule has 1 rings (SSSR count). The first-order chi connectivity index (χ1) is 4.25. The molecule has 0 atom stereocenters. The van der Waals surface area contributed by atoms with Crippen molar-refractivity contribution in [3.63, 3.8) is 0 Å². The summed E-state index contributed by atoms with van der Waals surface area (Å²) in [7, 11) is 1.75. The number of hydrogen-bond donors (Lipinski definition) is 0. The fourth-order valence-electron chi connectivity index (χ4n) is 0.514. The minimum absolute atomic E-state index is 0.407. The van der Waals surface area contributed by atoms with Gasteiger partial charge in [0.25, 0.3) is 0 Å². The van der Waals surface area contributed by atoms with Crippen LogP contribution in [0.2, 0.25) is 0 Å². The van der Waals surface area contributed by atoms with Gasteiger partial charge in [0.2, 0.25) is 4.77 Å². The van der Waals surface area contributed by atoms with Crippen LogP contribution in [0.25, 0.3) is 0 Å². The SMILES string of the molecule is Cn1ccn(N=O)c1=S. The molecule has 0 fully saturated rings. The summed E-state index contributed by atoms with van der Waals surface area (Å²) in [4.78, 5) is 9.87. The van der Waals surface area contributed by atoms with Crippen LogP contribution >= 0.6 is 12.2 Å². The summed E-state index contributed by atoms with van der Waals surface area (Å²) >= 11 is 4.76. The highest BCUT2D eigenvalue weighted by molar-refractivity contribution is 7.71. The highest BCUT2D eigenvalue weighted by Gasteiger charge is 1.91. The van der Waals surface area contributed by atoms with E-state index in [-0.39, 0.29) is 0 Å². The van der Waals surface area contributed by atoms with Gasteiger partial charge in [-0.25, -0.2) is 0 Å². The fourth-order valence-corrected chi connectivity index (χ4v) is 0.669. The highest BCUT2D eigenvalue weighted by Crippen LogP contribution is 1.92. The van der Waals surface area contributed by atoms with Crippen LogP contribution in [0.5, 0.6) is 0 Å². The van der Waals surface area contributed by atoms with Crippen LogP contribution in [-0.4, -0.2) is 9.24 Å². The lowest BCUT2D eigenvalue weighted by Gasteiger charge is -1.84. The number of imidazole rings is 1. The molecule has 0 aliphatic rings. The Balaban J connectivity index is 3.36. The van der Waals surface area contributed by atoms with Crippen LogP contribution in [0, 0.1) is 9.68 Å². The molecule has 5 heteroatoms. The van der Waals surface area contributed by atoms with Crippen molar-refractivity contribution in [2.45, 2.75) is 0 Å². The van der Waals surface area contributed by atoms with Crippen molar-refractivity contribution in [1.29, 1.82) is 0 Å². The Morgan fingerprint density at radius 3 is 2.56 bits per heavy atom. The van der Waals surface area contributed by atoms with Crippen LogP contribution in [0.3, 0.4) is 0 Å². The molecule has 0 radical (unpaired) electrons. The smallest absolute Gasteiger partial charge is 0.203 e. The predicted octanol–water partition coefficient (Wildman–Crippen LogP) is 1.09. The van der Waals surface area contributed by atoms with Gasteiger partial charge in [0.05, 0.1) is 11.5 Å². The van der Waals surface area contributed by atoms with E-state index in [2.05, 4.69) is 5.29 Å². The molecular weight excluding hydrogens is 138 g/mol. The monoisotopic (exact) mass is 143 g/mol. The van der Waals surface area contributed by atoms with E-state index < -0.39 is 0 Å². The molecule has 0 spiro atoms. The fraction of sp³-hybridized carbons (Fsp3) is 0.250. The van der Waals surface area contributed by atoms with Crippen LogP contribution < -0.4 is 0 Å². The molecular formula is C4H5N3OS. The minimum atomic E-state index is 0.407. The van der Waals surface area contributed by atoms with Gasteiger partial charge in [0.1, 0.15) is 0 Å². The summed E-state index contributed by atoms with van der Waals surface area (Å²) in [5, 5.41) is 2.63. The lowest BCUT2D eigenvalue weighted by atomic mass is 10.9. The van der Waals surface area contributed by atoms with Crippen LogP contribution in [0.4, 0.5) is 0 Å². The van der Waals surface area contributed by atoms with Gasteiger partial charge in [-0.3, -0.25) is 0 Å². The average Bonchev–Trinajstić information content (AvgIpc) is 2.15. The summed E-state index contributed by atoms with van der Waals surface area (Å²) in [6.45, 7) is 0. The Morgan fingerprint density at radius 2 is 2.33 bits per heavy atom. The van der Waals surface area contributed by atoms with Gasteiger partial charge < -0.3 is 4.57 Å². The Morgan fingerprint density at radius 1 is 1.67 bits per heavy atom. The zero-order valence-electron chi connectivity index (χ0n) is 4.81. The normalized spacial score (nSPS) is 9.44. The number of aryl methyl sites for hydroxylation is 1. The van der Waals surface area contributed by atoms with E-state index in [0.29, 0.717) is 4.77 Å². The van der Waals surface area contributed by atoms with E-state index in [1.165, 1.54) is 6.20 Å². The molecule has 0 N–H and O–H groups in total. The molecule has 0 aliphatic heterocycles. The van der Waals surface area contributed by atoms with Crippen molar-refractivity contribution in [2.24, 2.45) is 12.3 Å². The van der Waals surface area contributed by atoms with E-state index in [9.17, 15) is 4.91 Å². The third-order valence-corrected chi connectivity index (χ3v) is 1.49. The standard InChI is InChI=1S/C4H5N3OS/c1-6-2-3-7(5-8)4(6)9/h2-3H,1H3. The second-order valence-electron chi connectivity index (χ2n) is 1.62. The Hall–Kier alpha value is -0.970. The molecule has 0 bridgehead atoms. The number of nitrogens with zero attached hydrogens (tertiary/aromatic N) is 3. The number of hydrogen-bond acceptors (Lipinski definition) is 3. The second kappa shape index (κ2) is 2.10. The van der Waals surface area contributed by atoms with Gasteiger partial charge >= 0.3 is 0 Å². The van der Waals surface area contributed by atoms with Crippen molar-refractivity contribution in [1.82, 2.24) is 9.24 Å². The maximum Gasteiger partial charge on any atom is 0.203 e. The van der Waals surface area contributed by atoms with Gasteiger partial charge in [-0.05, 0) is 12.2 Å². The minimum Gasteiger partial charge on any atom is -0.325 e. The molecule has 9 heavy (non-hydrogen) atoms. The number of nitroso groups, excluding NO2 is 1. The first-order valence-electron chi connectivity index (χ1n) is 2.33. The summed E-state index contributed by atoms with van der Waals surface area (Å²) in [5.74, 6) is 0. The molecule has 48 valence electrons. The molecule has 0 amide bonds. The first-order valence-corrected chi connectivity index (χ1v) is 2.74. The third kappa shape index (κ3) is 0.904. The van der Waals surface area contributed by atoms with Crippen molar-refractivity contribution in [3.05, 3.63) is 22.1 Å². The first kappa shape index (κ1) is 6.15. The zero-order valence-corrected chi connectivity index (χ0v) is 5.63. The van der Waals surface area contributed by atoms with Crippen LogP contribution in [-0.2, 0) is 7.05 Å². The molecule has 4 nitrogen and oxygen atoms in total. The highest BCUT2D eigenvalue weighted by atomic mass is 32.1. The quantitative estimate of drug-likeness (QED) is 0.436. The molecule has 0 unspecified atom stereocenters. The lowest BCUT2D eigenvalue weighted by Crippen LogP contribution is -1.88. The van der Waals surface area contributed by atoms with Gasteiger partial charge in [0.15, 0.2) is 0 Å². The van der Waals surface area contributed by atoms with Crippen LogP contribution in [0.15, 0.2) is 17.7 Å². The van der Waals surface area contributed by atoms with E-state index >= 15 is 0 Å². The van der Waals surface area contributed by atoms with Crippen molar-refractivity contribution >= 4 is 12.2 Å². The van der Waals surface area contributed by atoms with Crippen molar-refractivity contribution in [3.8, 4) is 0 Å². The Bertz CT molecular complexity index is 274. The number of rotatable bonds is 1. The Labute approximate surface area is 56.7 Å². The van der Waals surface area contributed by atoms with Crippen molar-refractivity contribution in [2.75, 3.05) is 0 Å². The van der Waals surface area contributed by atoms with Gasteiger partial charge in [-0.15, -0.1) is 4.91 Å². The van der Waals surface area contributed by atoms with E-state index in [1.54, 1.807) is 17.8 Å². The molecule has 1 aromatic rings. The van der Waals surface area contributed by atoms with E-state index in [4.69, 9.17) is 12.2 Å². The van der Waals surface area contributed by atoms with Gasteiger partial charge in [0, 0.05) is 13.2 Å². The second-order valence-corrected chi connectivity index (χ2v) is 1.98. The summed E-state index contributed by atoms with van der Waals surface area (Å²) in [5.41, 5.74) is 0. The Kier molecular flexibility index (Phi) is 1.44. The predicted molar refractivity (Wildman–Crippen MR) is 35.4 cm³/mol. The largest absolute Gasteiger partial charge is 0.325 e. The molecule has 1 heterocycles. The molecule has 0 saturated heterocycles. The van der Waals surface area contributed by atoms with E-state index in [0.717, 1.165) is 4.68 Å².